The number of hydrogen-bond acceptors (Lipinski definition) is 7. The van der Waals surface area contributed by atoms with E-state index in [4.69, 9.17) is 14.0 Å². The molecular formula is C23H25N3O4. The van der Waals surface area contributed by atoms with Gasteiger partial charge in [-0.2, -0.15) is 4.98 Å². The lowest BCUT2D eigenvalue weighted by Crippen LogP contribution is -2.14. The number of carbonyl (C=O) groups is 1. The van der Waals surface area contributed by atoms with E-state index in [2.05, 4.69) is 15.1 Å². The minimum absolute atomic E-state index is 0.237. The van der Waals surface area contributed by atoms with Gasteiger partial charge in [-0.25, -0.2) is 4.79 Å². The second kappa shape index (κ2) is 9.35. The van der Waals surface area contributed by atoms with E-state index in [1.165, 1.54) is 6.08 Å². The molecule has 1 aromatic carbocycles. The lowest BCUT2D eigenvalue weighted by molar-refractivity contribution is -0.143. The van der Waals surface area contributed by atoms with Gasteiger partial charge in [0.25, 0.3) is 5.89 Å². The number of ether oxygens (including phenoxy) is 2. The zero-order valence-electron chi connectivity index (χ0n) is 17.5. The summed E-state index contributed by atoms with van der Waals surface area (Å²) in [5.41, 5.74) is 1.46. The summed E-state index contributed by atoms with van der Waals surface area (Å²) in [6.07, 6.45) is 4.13. The van der Waals surface area contributed by atoms with Gasteiger partial charge in [0.15, 0.2) is 11.9 Å². The highest BCUT2D eigenvalue weighted by atomic mass is 16.6. The monoisotopic (exact) mass is 407 g/mol. The molecule has 0 bridgehead atoms. The van der Waals surface area contributed by atoms with E-state index in [-0.39, 0.29) is 11.3 Å². The SMILES string of the molecule is CC(OC(=O)/C=C/c1ccc(OCc2ccccn2)cc1)c1nc(C(C)(C)C)no1. The molecule has 30 heavy (non-hydrogen) atoms. The Hall–Kier alpha value is -3.48. The fourth-order valence-electron chi connectivity index (χ4n) is 2.45. The average Bonchev–Trinajstić information content (AvgIpc) is 3.23. The molecule has 0 radical (unpaired) electrons. The Morgan fingerprint density at radius 1 is 1.17 bits per heavy atom. The smallest absolute Gasteiger partial charge is 0.331 e. The van der Waals surface area contributed by atoms with Gasteiger partial charge in [-0.15, -0.1) is 0 Å². The summed E-state index contributed by atoms with van der Waals surface area (Å²) in [5.74, 6) is 1.07. The number of nitrogens with zero attached hydrogens (tertiary/aromatic N) is 3. The maximum absolute atomic E-state index is 12.1. The van der Waals surface area contributed by atoms with Crippen molar-refractivity contribution in [3.63, 3.8) is 0 Å². The van der Waals surface area contributed by atoms with Crippen molar-refractivity contribution in [2.45, 2.75) is 45.8 Å². The van der Waals surface area contributed by atoms with E-state index in [0.717, 1.165) is 17.0 Å². The third-order valence-electron chi connectivity index (χ3n) is 4.16. The summed E-state index contributed by atoms with van der Waals surface area (Å²) in [5, 5.41) is 3.94. The van der Waals surface area contributed by atoms with Gasteiger partial charge in [0.2, 0.25) is 0 Å². The van der Waals surface area contributed by atoms with Crippen LogP contribution in [0.5, 0.6) is 5.75 Å². The molecule has 156 valence electrons. The van der Waals surface area contributed by atoms with Crippen LogP contribution in [0.2, 0.25) is 0 Å². The van der Waals surface area contributed by atoms with Crippen molar-refractivity contribution in [1.29, 1.82) is 0 Å². The summed E-state index contributed by atoms with van der Waals surface area (Å²) in [6, 6.07) is 13.1. The highest BCUT2D eigenvalue weighted by molar-refractivity contribution is 5.87. The normalized spacial score (nSPS) is 12.7. The largest absolute Gasteiger partial charge is 0.487 e. The highest BCUT2D eigenvalue weighted by Crippen LogP contribution is 2.22. The van der Waals surface area contributed by atoms with Crippen molar-refractivity contribution in [2.75, 3.05) is 0 Å². The Kier molecular flexibility index (Phi) is 6.61. The van der Waals surface area contributed by atoms with Crippen molar-refractivity contribution < 1.29 is 18.8 Å². The summed E-state index contributed by atoms with van der Waals surface area (Å²) in [7, 11) is 0. The molecular weight excluding hydrogens is 382 g/mol. The van der Waals surface area contributed by atoms with Gasteiger partial charge in [-0.3, -0.25) is 4.98 Å². The number of hydrogen-bond donors (Lipinski definition) is 0. The lowest BCUT2D eigenvalue weighted by atomic mass is 9.96. The summed E-state index contributed by atoms with van der Waals surface area (Å²) < 4.78 is 16.2. The van der Waals surface area contributed by atoms with E-state index in [1.54, 1.807) is 19.2 Å². The van der Waals surface area contributed by atoms with E-state index in [9.17, 15) is 4.79 Å². The molecule has 2 aromatic heterocycles. The standard InChI is InChI=1S/C23H25N3O4/c1-16(21-25-22(26-30-21)23(2,3)4)29-20(27)13-10-17-8-11-19(12-9-17)28-15-18-7-5-6-14-24-18/h5-14,16H,15H2,1-4H3/b13-10+. The van der Waals surface area contributed by atoms with E-state index in [1.807, 2.05) is 63.2 Å². The first-order valence-corrected chi connectivity index (χ1v) is 9.67. The molecule has 0 spiro atoms. The van der Waals surface area contributed by atoms with Crippen molar-refractivity contribution in [2.24, 2.45) is 0 Å². The zero-order chi connectivity index (χ0) is 21.6. The van der Waals surface area contributed by atoms with Crippen LogP contribution in [0.4, 0.5) is 0 Å². The number of carbonyl (C=O) groups excluding carboxylic acids is 1. The number of esters is 1. The number of pyridine rings is 1. The minimum Gasteiger partial charge on any atom is -0.487 e. The number of rotatable bonds is 7. The van der Waals surface area contributed by atoms with Crippen LogP contribution in [0, 0.1) is 0 Å². The predicted octanol–water partition coefficient (Wildman–Crippen LogP) is 4.66. The van der Waals surface area contributed by atoms with Gasteiger partial charge in [-0.05, 0) is 42.8 Å². The van der Waals surface area contributed by atoms with Crippen LogP contribution < -0.4 is 4.74 Å². The molecule has 7 nitrogen and oxygen atoms in total. The topological polar surface area (TPSA) is 87.3 Å². The second-order valence-corrected chi connectivity index (χ2v) is 7.80. The van der Waals surface area contributed by atoms with Crippen molar-refractivity contribution in [3.05, 3.63) is 77.7 Å². The minimum atomic E-state index is -0.631. The van der Waals surface area contributed by atoms with Crippen LogP contribution in [0.1, 0.15) is 56.8 Å². The molecule has 0 aliphatic heterocycles. The van der Waals surface area contributed by atoms with Crippen LogP contribution in [-0.4, -0.2) is 21.1 Å². The Labute approximate surface area is 175 Å². The van der Waals surface area contributed by atoms with E-state index < -0.39 is 12.1 Å². The molecule has 0 saturated carbocycles. The van der Waals surface area contributed by atoms with Crippen molar-refractivity contribution in [3.8, 4) is 5.75 Å². The molecule has 0 aliphatic carbocycles. The van der Waals surface area contributed by atoms with Crippen LogP contribution in [-0.2, 0) is 21.6 Å². The van der Waals surface area contributed by atoms with Crippen LogP contribution >= 0.6 is 0 Å². The number of benzene rings is 1. The summed E-state index contributed by atoms with van der Waals surface area (Å²) in [4.78, 5) is 20.6. The van der Waals surface area contributed by atoms with Gasteiger partial charge in [0.05, 0.1) is 5.69 Å². The molecule has 7 heteroatoms. The Morgan fingerprint density at radius 2 is 1.93 bits per heavy atom. The molecule has 0 fully saturated rings. The molecule has 0 aliphatic rings. The van der Waals surface area contributed by atoms with Gasteiger partial charge in [0.1, 0.15) is 12.4 Å². The first-order valence-electron chi connectivity index (χ1n) is 9.67. The first-order chi connectivity index (χ1) is 14.3. The molecule has 0 N–H and O–H groups in total. The van der Waals surface area contributed by atoms with Gasteiger partial charge < -0.3 is 14.0 Å². The lowest BCUT2D eigenvalue weighted by Gasteiger charge is -2.11. The van der Waals surface area contributed by atoms with Crippen LogP contribution in [0.25, 0.3) is 6.08 Å². The van der Waals surface area contributed by atoms with E-state index >= 15 is 0 Å². The molecule has 0 saturated heterocycles. The van der Waals surface area contributed by atoms with Gasteiger partial charge >= 0.3 is 5.97 Å². The van der Waals surface area contributed by atoms with Gasteiger partial charge in [0, 0.05) is 17.7 Å². The summed E-state index contributed by atoms with van der Waals surface area (Å²) >= 11 is 0. The number of aromatic nitrogens is 3. The molecule has 2 heterocycles. The molecule has 1 unspecified atom stereocenters. The Morgan fingerprint density at radius 3 is 2.57 bits per heavy atom. The van der Waals surface area contributed by atoms with Crippen LogP contribution in [0.15, 0.2) is 59.3 Å². The molecule has 3 rings (SSSR count). The van der Waals surface area contributed by atoms with Gasteiger partial charge in [-0.1, -0.05) is 44.1 Å². The highest BCUT2D eigenvalue weighted by Gasteiger charge is 2.24. The van der Waals surface area contributed by atoms with Crippen molar-refractivity contribution >= 4 is 12.0 Å². The fraction of sp³-hybridized carbons (Fsp3) is 0.304. The molecule has 1 atom stereocenters. The van der Waals surface area contributed by atoms with E-state index in [0.29, 0.717) is 12.4 Å². The average molecular weight is 407 g/mol. The quantitative estimate of drug-likeness (QED) is 0.416. The van der Waals surface area contributed by atoms with Crippen molar-refractivity contribution in [1.82, 2.24) is 15.1 Å². The third-order valence-corrected chi connectivity index (χ3v) is 4.16. The Bertz CT molecular complexity index is 989. The summed E-state index contributed by atoms with van der Waals surface area (Å²) in [6.45, 7) is 8.04. The second-order valence-electron chi connectivity index (χ2n) is 7.80. The first kappa shape index (κ1) is 21.2. The Balaban J connectivity index is 1.51. The maximum Gasteiger partial charge on any atom is 0.331 e. The third kappa shape index (κ3) is 6.01. The molecule has 3 aromatic rings. The maximum atomic E-state index is 12.1. The van der Waals surface area contributed by atoms with Crippen LogP contribution in [0.3, 0.4) is 0 Å². The molecule has 0 amide bonds. The fourth-order valence-corrected chi connectivity index (χ4v) is 2.45. The predicted molar refractivity (Wildman–Crippen MR) is 112 cm³/mol. The zero-order valence-corrected chi connectivity index (χ0v) is 17.5.